The van der Waals surface area contributed by atoms with Gasteiger partial charge >= 0.3 is 0 Å². The van der Waals surface area contributed by atoms with Crippen LogP contribution >= 0.6 is 11.3 Å². The lowest BCUT2D eigenvalue weighted by Crippen LogP contribution is -2.41. The first kappa shape index (κ1) is 12.8. The van der Waals surface area contributed by atoms with Gasteiger partial charge in [-0.1, -0.05) is 18.6 Å². The Kier molecular flexibility index (Phi) is 3.62. The van der Waals surface area contributed by atoms with E-state index >= 15 is 0 Å². The number of hydrogen-bond donors (Lipinski definition) is 1. The van der Waals surface area contributed by atoms with Crippen molar-refractivity contribution in [3.63, 3.8) is 0 Å². The van der Waals surface area contributed by atoms with E-state index in [1.807, 2.05) is 24.3 Å². The Morgan fingerprint density at radius 1 is 1.42 bits per heavy atom. The molecule has 100 valence electrons. The van der Waals surface area contributed by atoms with E-state index in [0.717, 1.165) is 16.6 Å². The summed E-state index contributed by atoms with van der Waals surface area (Å²) in [6.07, 6.45) is 4.10. The highest BCUT2D eigenvalue weighted by Crippen LogP contribution is 2.24. The standard InChI is InChI=1S/C15H18N2OS/c1-10-5-4-6-11(16-10)9-13(18)15-17-12-7-2-3-8-14(12)19-15/h2-3,7-8,10-11,16H,4-6,9H2,1H3. The zero-order valence-electron chi connectivity index (χ0n) is 11.1. The van der Waals surface area contributed by atoms with E-state index < -0.39 is 0 Å². The highest BCUT2D eigenvalue weighted by Gasteiger charge is 2.22. The van der Waals surface area contributed by atoms with E-state index in [-0.39, 0.29) is 5.78 Å². The van der Waals surface area contributed by atoms with Crippen molar-refractivity contribution in [3.05, 3.63) is 29.3 Å². The lowest BCUT2D eigenvalue weighted by molar-refractivity contribution is 0.0959. The second kappa shape index (κ2) is 5.39. The van der Waals surface area contributed by atoms with Gasteiger partial charge in [0, 0.05) is 18.5 Å². The van der Waals surface area contributed by atoms with Crippen LogP contribution in [0, 0.1) is 0 Å². The molecule has 2 heterocycles. The van der Waals surface area contributed by atoms with Crippen molar-refractivity contribution in [2.75, 3.05) is 0 Å². The predicted octanol–water partition coefficient (Wildman–Crippen LogP) is 3.40. The Bertz CT molecular complexity index is 560. The Labute approximate surface area is 117 Å². The Balaban J connectivity index is 1.72. The van der Waals surface area contributed by atoms with Crippen molar-refractivity contribution in [2.45, 2.75) is 44.7 Å². The molecule has 0 bridgehead atoms. The van der Waals surface area contributed by atoms with Crippen LogP contribution in [0.15, 0.2) is 24.3 Å². The third-order valence-electron chi connectivity index (χ3n) is 3.67. The normalized spacial score (nSPS) is 23.6. The van der Waals surface area contributed by atoms with Gasteiger partial charge in [-0.3, -0.25) is 4.79 Å². The highest BCUT2D eigenvalue weighted by molar-refractivity contribution is 7.20. The van der Waals surface area contributed by atoms with Gasteiger partial charge in [0.1, 0.15) is 0 Å². The molecule has 3 rings (SSSR count). The number of benzene rings is 1. The maximum atomic E-state index is 12.3. The molecular formula is C15H18N2OS. The van der Waals surface area contributed by atoms with Crippen LogP contribution in [0.5, 0.6) is 0 Å². The topological polar surface area (TPSA) is 42.0 Å². The van der Waals surface area contributed by atoms with Crippen LogP contribution in [0.2, 0.25) is 0 Å². The zero-order chi connectivity index (χ0) is 13.2. The maximum absolute atomic E-state index is 12.3. The summed E-state index contributed by atoms with van der Waals surface area (Å²) < 4.78 is 1.09. The zero-order valence-corrected chi connectivity index (χ0v) is 11.9. The van der Waals surface area contributed by atoms with Gasteiger partial charge in [-0.05, 0) is 31.9 Å². The van der Waals surface area contributed by atoms with Crippen LogP contribution < -0.4 is 5.32 Å². The van der Waals surface area contributed by atoms with Crippen molar-refractivity contribution in [1.29, 1.82) is 0 Å². The molecule has 0 radical (unpaired) electrons. The summed E-state index contributed by atoms with van der Waals surface area (Å²) in [6.45, 7) is 2.19. The summed E-state index contributed by atoms with van der Waals surface area (Å²) in [4.78, 5) is 16.7. The third-order valence-corrected chi connectivity index (χ3v) is 4.75. The van der Waals surface area contributed by atoms with Crippen LogP contribution in [-0.4, -0.2) is 22.9 Å². The molecule has 0 amide bonds. The molecule has 3 nitrogen and oxygen atoms in total. The van der Waals surface area contributed by atoms with E-state index in [2.05, 4.69) is 17.2 Å². The molecule has 1 aliphatic rings. The minimum Gasteiger partial charge on any atom is -0.311 e. The van der Waals surface area contributed by atoms with Crippen molar-refractivity contribution in [2.24, 2.45) is 0 Å². The molecule has 0 saturated carbocycles. The van der Waals surface area contributed by atoms with Crippen molar-refractivity contribution in [3.8, 4) is 0 Å². The maximum Gasteiger partial charge on any atom is 0.192 e. The minimum absolute atomic E-state index is 0.174. The number of piperidine rings is 1. The van der Waals surface area contributed by atoms with E-state index in [4.69, 9.17) is 0 Å². The number of aromatic nitrogens is 1. The Morgan fingerprint density at radius 2 is 2.26 bits per heavy atom. The minimum atomic E-state index is 0.174. The largest absolute Gasteiger partial charge is 0.311 e. The second-order valence-electron chi connectivity index (χ2n) is 5.31. The van der Waals surface area contributed by atoms with E-state index in [1.54, 1.807) is 0 Å². The lowest BCUT2D eigenvalue weighted by Gasteiger charge is -2.28. The third kappa shape index (κ3) is 2.85. The number of carbonyl (C=O) groups excluding carboxylic acids is 1. The van der Waals surface area contributed by atoms with Crippen molar-refractivity contribution < 1.29 is 4.79 Å². The predicted molar refractivity (Wildman–Crippen MR) is 78.8 cm³/mol. The van der Waals surface area contributed by atoms with Gasteiger partial charge in [-0.15, -0.1) is 11.3 Å². The van der Waals surface area contributed by atoms with Gasteiger partial charge in [0.2, 0.25) is 0 Å². The second-order valence-corrected chi connectivity index (χ2v) is 6.34. The molecule has 2 atom stereocenters. The van der Waals surface area contributed by atoms with E-state index in [0.29, 0.717) is 23.5 Å². The number of rotatable bonds is 3. The van der Waals surface area contributed by atoms with Gasteiger partial charge in [0.15, 0.2) is 10.8 Å². The molecule has 1 aliphatic heterocycles. The van der Waals surface area contributed by atoms with Gasteiger partial charge in [0.05, 0.1) is 10.2 Å². The average Bonchev–Trinajstić information content (AvgIpc) is 2.82. The first-order chi connectivity index (χ1) is 9.22. The summed E-state index contributed by atoms with van der Waals surface area (Å²) >= 11 is 1.51. The molecule has 1 N–H and O–H groups in total. The smallest absolute Gasteiger partial charge is 0.192 e. The Morgan fingerprint density at radius 3 is 3.05 bits per heavy atom. The molecule has 4 heteroatoms. The van der Waals surface area contributed by atoms with Crippen LogP contribution in [0.1, 0.15) is 42.4 Å². The summed E-state index contributed by atoms with van der Waals surface area (Å²) in [5.74, 6) is 0.174. The molecule has 1 saturated heterocycles. The Hall–Kier alpha value is -1.26. The number of nitrogens with one attached hydrogen (secondary N) is 1. The number of hydrogen-bond acceptors (Lipinski definition) is 4. The molecule has 0 spiro atoms. The number of Topliss-reactive ketones (excluding diaryl/α,β-unsaturated/α-hetero) is 1. The number of para-hydroxylation sites is 1. The fourth-order valence-electron chi connectivity index (χ4n) is 2.70. The molecule has 19 heavy (non-hydrogen) atoms. The molecule has 0 aliphatic carbocycles. The van der Waals surface area contributed by atoms with E-state index in [1.165, 1.54) is 24.2 Å². The van der Waals surface area contributed by atoms with Crippen LogP contribution in [0.4, 0.5) is 0 Å². The molecule has 1 aromatic carbocycles. The fourth-order valence-corrected chi connectivity index (χ4v) is 3.62. The average molecular weight is 274 g/mol. The molecule has 2 aromatic rings. The quantitative estimate of drug-likeness (QED) is 0.872. The van der Waals surface area contributed by atoms with Crippen LogP contribution in [-0.2, 0) is 0 Å². The molecule has 1 aromatic heterocycles. The number of ketones is 1. The highest BCUT2D eigenvalue weighted by atomic mass is 32.1. The first-order valence-electron chi connectivity index (χ1n) is 6.87. The molecule has 1 fully saturated rings. The van der Waals surface area contributed by atoms with Crippen LogP contribution in [0.25, 0.3) is 10.2 Å². The van der Waals surface area contributed by atoms with Crippen molar-refractivity contribution >= 4 is 27.3 Å². The van der Waals surface area contributed by atoms with Gasteiger partial charge in [0.25, 0.3) is 0 Å². The van der Waals surface area contributed by atoms with Gasteiger partial charge in [-0.25, -0.2) is 4.98 Å². The number of nitrogens with zero attached hydrogens (tertiary/aromatic N) is 1. The van der Waals surface area contributed by atoms with Gasteiger partial charge in [-0.2, -0.15) is 0 Å². The summed E-state index contributed by atoms with van der Waals surface area (Å²) in [7, 11) is 0. The molecule has 2 unspecified atom stereocenters. The number of carbonyl (C=O) groups is 1. The number of thiazole rings is 1. The first-order valence-corrected chi connectivity index (χ1v) is 7.69. The monoisotopic (exact) mass is 274 g/mol. The van der Waals surface area contributed by atoms with Gasteiger partial charge < -0.3 is 5.32 Å². The molecular weight excluding hydrogens is 256 g/mol. The number of fused-ring (bicyclic) bond motifs is 1. The summed E-state index contributed by atoms with van der Waals surface area (Å²) in [6, 6.07) is 8.78. The van der Waals surface area contributed by atoms with Crippen molar-refractivity contribution in [1.82, 2.24) is 10.3 Å². The van der Waals surface area contributed by atoms with Crippen LogP contribution in [0.3, 0.4) is 0 Å². The summed E-state index contributed by atoms with van der Waals surface area (Å²) in [5, 5.41) is 4.16. The lowest BCUT2D eigenvalue weighted by atomic mass is 9.96. The SMILES string of the molecule is CC1CCCC(CC(=O)c2nc3ccccc3s2)N1. The fraction of sp³-hybridized carbons (Fsp3) is 0.467. The van der Waals surface area contributed by atoms with E-state index in [9.17, 15) is 4.79 Å². The summed E-state index contributed by atoms with van der Waals surface area (Å²) in [5.41, 5.74) is 0.931.